The Kier molecular flexibility index (Phi) is 7.20. The molecule has 0 saturated carbocycles. The SMILES string of the molecule is c1ccc(-c2ccc3c4cc5c6c7ccccc7ccc6n(-c6ccccc6)c5cc4n(-c4ccc(-c5nc(-c6ccccc6)c6ccccc6n5)cc4)c3c2)cc1. The van der Waals surface area contributed by atoms with Crippen molar-refractivity contribution < 1.29 is 0 Å². The number of benzene rings is 9. The predicted octanol–water partition coefficient (Wildman–Crippen LogP) is 14.0. The van der Waals surface area contributed by atoms with Gasteiger partial charge in [-0.3, -0.25) is 0 Å². The fourth-order valence-corrected chi connectivity index (χ4v) is 9.02. The molecular formula is C54H34N4. The van der Waals surface area contributed by atoms with Crippen molar-refractivity contribution in [3.05, 3.63) is 206 Å². The quantitative estimate of drug-likeness (QED) is 0.176. The van der Waals surface area contributed by atoms with Crippen molar-refractivity contribution in [2.24, 2.45) is 0 Å². The maximum Gasteiger partial charge on any atom is 0.160 e. The zero-order valence-electron chi connectivity index (χ0n) is 31.4. The molecule has 9 aromatic carbocycles. The van der Waals surface area contributed by atoms with E-state index in [1.165, 1.54) is 54.5 Å². The molecule has 0 N–H and O–H groups in total. The first-order valence-electron chi connectivity index (χ1n) is 19.7. The lowest BCUT2D eigenvalue weighted by molar-refractivity contribution is 1.16. The maximum absolute atomic E-state index is 5.17. The first-order chi connectivity index (χ1) is 28.8. The summed E-state index contributed by atoms with van der Waals surface area (Å²) in [5, 5.41) is 8.49. The van der Waals surface area contributed by atoms with Crippen molar-refractivity contribution in [3.63, 3.8) is 0 Å². The van der Waals surface area contributed by atoms with E-state index in [0.717, 1.165) is 50.1 Å². The van der Waals surface area contributed by atoms with Gasteiger partial charge in [0.1, 0.15) is 0 Å². The van der Waals surface area contributed by atoms with Gasteiger partial charge in [-0.05, 0) is 88.6 Å². The van der Waals surface area contributed by atoms with Crippen LogP contribution in [0.25, 0.3) is 110 Å². The van der Waals surface area contributed by atoms with Crippen molar-refractivity contribution in [2.45, 2.75) is 0 Å². The van der Waals surface area contributed by atoms with Crippen molar-refractivity contribution >= 4 is 65.3 Å². The third-order valence-corrected chi connectivity index (χ3v) is 11.7. The van der Waals surface area contributed by atoms with E-state index in [1.807, 2.05) is 12.1 Å². The number of nitrogens with zero attached hydrogens (tertiary/aromatic N) is 4. The van der Waals surface area contributed by atoms with E-state index >= 15 is 0 Å². The first-order valence-corrected chi connectivity index (χ1v) is 19.7. The van der Waals surface area contributed by atoms with Crippen LogP contribution < -0.4 is 0 Å². The van der Waals surface area contributed by atoms with Crippen LogP contribution in [0.2, 0.25) is 0 Å². The summed E-state index contributed by atoms with van der Waals surface area (Å²) in [6.45, 7) is 0. The molecule has 0 fully saturated rings. The molecule has 0 saturated heterocycles. The topological polar surface area (TPSA) is 35.6 Å². The minimum Gasteiger partial charge on any atom is -0.309 e. The lowest BCUT2D eigenvalue weighted by Gasteiger charge is -2.12. The zero-order chi connectivity index (χ0) is 38.2. The van der Waals surface area contributed by atoms with Crippen LogP contribution in [0.15, 0.2) is 206 Å². The largest absolute Gasteiger partial charge is 0.309 e. The molecule has 0 atom stereocenters. The Morgan fingerprint density at radius 1 is 0.310 bits per heavy atom. The number of hydrogen-bond donors (Lipinski definition) is 0. The Morgan fingerprint density at radius 3 is 1.71 bits per heavy atom. The summed E-state index contributed by atoms with van der Waals surface area (Å²) in [7, 11) is 0. The summed E-state index contributed by atoms with van der Waals surface area (Å²) in [5.41, 5.74) is 13.2. The van der Waals surface area contributed by atoms with E-state index in [9.17, 15) is 0 Å². The number of aromatic nitrogens is 4. The van der Waals surface area contributed by atoms with E-state index in [0.29, 0.717) is 5.82 Å². The third-order valence-electron chi connectivity index (χ3n) is 11.7. The zero-order valence-corrected chi connectivity index (χ0v) is 31.4. The number of para-hydroxylation sites is 2. The lowest BCUT2D eigenvalue weighted by atomic mass is 10.0. The van der Waals surface area contributed by atoms with E-state index in [-0.39, 0.29) is 0 Å². The number of hydrogen-bond acceptors (Lipinski definition) is 2. The van der Waals surface area contributed by atoms with Crippen LogP contribution in [0.3, 0.4) is 0 Å². The molecule has 12 rings (SSSR count). The molecule has 0 radical (unpaired) electrons. The van der Waals surface area contributed by atoms with E-state index < -0.39 is 0 Å². The van der Waals surface area contributed by atoms with Gasteiger partial charge in [-0.2, -0.15) is 0 Å². The highest BCUT2D eigenvalue weighted by molar-refractivity contribution is 6.25. The normalized spacial score (nSPS) is 11.8. The van der Waals surface area contributed by atoms with Gasteiger partial charge in [0, 0.05) is 49.4 Å². The Labute approximate surface area is 334 Å². The minimum absolute atomic E-state index is 0.707. The Balaban J connectivity index is 1.12. The number of fused-ring (bicyclic) bond motifs is 9. The van der Waals surface area contributed by atoms with Crippen molar-refractivity contribution in [3.8, 4) is 45.1 Å². The second kappa shape index (κ2) is 12.9. The van der Waals surface area contributed by atoms with Gasteiger partial charge >= 0.3 is 0 Å². The van der Waals surface area contributed by atoms with Gasteiger partial charge in [-0.15, -0.1) is 0 Å². The molecule has 0 amide bonds. The van der Waals surface area contributed by atoms with Gasteiger partial charge in [-0.25, -0.2) is 9.97 Å². The fourth-order valence-electron chi connectivity index (χ4n) is 9.02. The van der Waals surface area contributed by atoms with Gasteiger partial charge in [0.15, 0.2) is 5.82 Å². The molecule has 4 heteroatoms. The molecule has 12 aromatic rings. The second-order valence-electron chi connectivity index (χ2n) is 15.0. The monoisotopic (exact) mass is 738 g/mol. The summed E-state index contributed by atoms with van der Waals surface area (Å²) in [5.74, 6) is 0.707. The average molecular weight is 739 g/mol. The van der Waals surface area contributed by atoms with Gasteiger partial charge in [-0.1, -0.05) is 140 Å². The van der Waals surface area contributed by atoms with Gasteiger partial charge < -0.3 is 9.13 Å². The molecule has 0 aliphatic heterocycles. The summed E-state index contributed by atoms with van der Waals surface area (Å²) in [6, 6.07) is 73.9. The Bertz CT molecular complexity index is 3530. The van der Waals surface area contributed by atoms with E-state index in [1.54, 1.807) is 0 Å². The highest BCUT2D eigenvalue weighted by Crippen LogP contribution is 2.43. The van der Waals surface area contributed by atoms with Gasteiger partial charge in [0.05, 0.1) is 33.3 Å². The van der Waals surface area contributed by atoms with Crippen LogP contribution in [-0.4, -0.2) is 19.1 Å². The fraction of sp³-hybridized carbons (Fsp3) is 0. The molecule has 0 aliphatic rings. The molecule has 270 valence electrons. The molecule has 4 nitrogen and oxygen atoms in total. The third kappa shape index (κ3) is 5.02. The Hall–Kier alpha value is -7.82. The molecule has 0 spiro atoms. The average Bonchev–Trinajstić information content (AvgIpc) is 3.80. The van der Waals surface area contributed by atoms with Crippen LogP contribution in [0, 0.1) is 0 Å². The van der Waals surface area contributed by atoms with Crippen LogP contribution in [0.4, 0.5) is 0 Å². The first kappa shape index (κ1) is 32.4. The molecule has 0 aliphatic carbocycles. The van der Waals surface area contributed by atoms with Crippen molar-refractivity contribution in [1.82, 2.24) is 19.1 Å². The lowest BCUT2D eigenvalue weighted by Crippen LogP contribution is -1.97. The van der Waals surface area contributed by atoms with Crippen LogP contribution in [0.5, 0.6) is 0 Å². The highest BCUT2D eigenvalue weighted by Gasteiger charge is 2.21. The summed E-state index contributed by atoms with van der Waals surface area (Å²) in [4.78, 5) is 10.2. The Morgan fingerprint density at radius 2 is 0.914 bits per heavy atom. The van der Waals surface area contributed by atoms with Crippen molar-refractivity contribution in [1.29, 1.82) is 0 Å². The van der Waals surface area contributed by atoms with Crippen LogP contribution in [0.1, 0.15) is 0 Å². The van der Waals surface area contributed by atoms with Gasteiger partial charge in [0.25, 0.3) is 0 Å². The summed E-state index contributed by atoms with van der Waals surface area (Å²) >= 11 is 0. The van der Waals surface area contributed by atoms with Gasteiger partial charge in [0.2, 0.25) is 0 Å². The maximum atomic E-state index is 5.17. The molecule has 58 heavy (non-hydrogen) atoms. The molecule has 0 unspecified atom stereocenters. The molecule has 3 aromatic heterocycles. The summed E-state index contributed by atoms with van der Waals surface area (Å²) in [6.07, 6.45) is 0. The number of rotatable bonds is 5. The van der Waals surface area contributed by atoms with Crippen molar-refractivity contribution in [2.75, 3.05) is 0 Å². The molecule has 0 bridgehead atoms. The van der Waals surface area contributed by atoms with E-state index in [4.69, 9.17) is 9.97 Å². The van der Waals surface area contributed by atoms with Crippen LogP contribution >= 0.6 is 0 Å². The highest BCUT2D eigenvalue weighted by atomic mass is 15.0. The smallest absolute Gasteiger partial charge is 0.160 e. The second-order valence-corrected chi connectivity index (χ2v) is 15.0. The predicted molar refractivity (Wildman–Crippen MR) is 242 cm³/mol. The van der Waals surface area contributed by atoms with Crippen LogP contribution in [-0.2, 0) is 0 Å². The van der Waals surface area contributed by atoms with E-state index in [2.05, 4.69) is 203 Å². The minimum atomic E-state index is 0.707. The summed E-state index contributed by atoms with van der Waals surface area (Å²) < 4.78 is 4.86. The molecule has 3 heterocycles. The standard InChI is InChI=1S/C54H34N4/c1-4-14-35(15-5-1)39-26-30-43-45-33-46-51(57(40-19-8-3-9-20-40)48-31-27-36-16-10-11-21-42(36)52(46)48)34-50(45)58(49(43)32-39)41-28-24-38(25-29-41)54-55-47-23-13-12-22-44(47)53(56-54)37-17-6-2-7-18-37/h1-34H. The molecular weight excluding hydrogens is 705 g/mol.